The number of benzene rings is 1. The molecule has 0 unspecified atom stereocenters. The molecule has 0 saturated heterocycles. The van der Waals surface area contributed by atoms with Crippen molar-refractivity contribution in [2.45, 2.75) is 6.92 Å². The van der Waals surface area contributed by atoms with Crippen LogP contribution < -0.4 is 0 Å². The lowest BCUT2D eigenvalue weighted by Gasteiger charge is -2.01. The minimum Gasteiger partial charge on any atom is -0.507 e. The highest BCUT2D eigenvalue weighted by Crippen LogP contribution is 2.20. The summed E-state index contributed by atoms with van der Waals surface area (Å²) >= 11 is 0. The van der Waals surface area contributed by atoms with E-state index < -0.39 is 16.6 Å². The van der Waals surface area contributed by atoms with Gasteiger partial charge in [-0.3, -0.25) is 14.9 Å². The fraction of sp³-hybridized carbons (Fsp3) is 0.0714. The van der Waals surface area contributed by atoms with Crippen LogP contribution in [0.1, 0.15) is 21.7 Å². The van der Waals surface area contributed by atoms with Gasteiger partial charge in [0.25, 0.3) is 0 Å². The topological polar surface area (TPSA) is 93.6 Å². The van der Waals surface area contributed by atoms with E-state index in [1.165, 1.54) is 30.4 Å². The normalized spacial score (nSPS) is 10.8. The molecule has 0 amide bonds. The zero-order chi connectivity index (χ0) is 14.7. The maximum absolute atomic E-state index is 11.9. The highest BCUT2D eigenvalue weighted by molar-refractivity contribution is 6.08. The van der Waals surface area contributed by atoms with Gasteiger partial charge >= 0.3 is 5.88 Å². The van der Waals surface area contributed by atoms with Gasteiger partial charge in [0, 0.05) is 0 Å². The Bertz CT molecular complexity index is 699. The number of hydrogen-bond acceptors (Lipinski definition) is 5. The third kappa shape index (κ3) is 2.92. The summed E-state index contributed by atoms with van der Waals surface area (Å²) in [5.41, 5.74) is 1.01. The van der Waals surface area contributed by atoms with Crippen LogP contribution in [0.25, 0.3) is 6.08 Å². The molecule has 0 aliphatic heterocycles. The summed E-state index contributed by atoms with van der Waals surface area (Å²) in [4.78, 5) is 21.7. The zero-order valence-electron chi connectivity index (χ0n) is 10.6. The van der Waals surface area contributed by atoms with E-state index in [1.807, 2.05) is 0 Å². The van der Waals surface area contributed by atoms with Crippen LogP contribution in [-0.2, 0) is 0 Å². The monoisotopic (exact) mass is 273 g/mol. The molecule has 1 N–H and O–H groups in total. The number of nitrogens with zero attached hydrogens (tertiary/aromatic N) is 1. The summed E-state index contributed by atoms with van der Waals surface area (Å²) in [7, 11) is 0. The van der Waals surface area contributed by atoms with Crippen molar-refractivity contribution in [1.29, 1.82) is 0 Å². The molecule has 0 fully saturated rings. The van der Waals surface area contributed by atoms with Crippen LogP contribution in [0.2, 0.25) is 0 Å². The summed E-state index contributed by atoms with van der Waals surface area (Å²) in [6, 6.07) is 7.28. The lowest BCUT2D eigenvalue weighted by molar-refractivity contribution is -0.402. The van der Waals surface area contributed by atoms with E-state index in [2.05, 4.69) is 0 Å². The third-order valence-electron chi connectivity index (χ3n) is 2.61. The van der Waals surface area contributed by atoms with Gasteiger partial charge in [-0.25, -0.2) is 0 Å². The van der Waals surface area contributed by atoms with E-state index in [1.54, 1.807) is 19.1 Å². The number of ketones is 1. The van der Waals surface area contributed by atoms with Gasteiger partial charge in [0.15, 0.2) is 5.78 Å². The standard InChI is InChI=1S/C14H11NO5/c1-9-2-5-12(16)11(8-9)13(17)6-3-10-4-7-14(20-10)15(18)19/h2-8,16H,1H3/b6-3+. The third-order valence-corrected chi connectivity index (χ3v) is 2.61. The van der Waals surface area contributed by atoms with Crippen LogP contribution in [-0.4, -0.2) is 15.8 Å². The number of carbonyl (C=O) groups is 1. The minimum atomic E-state index is -0.661. The number of aromatic hydroxyl groups is 1. The highest BCUT2D eigenvalue weighted by atomic mass is 16.6. The van der Waals surface area contributed by atoms with Gasteiger partial charge in [0.05, 0.1) is 11.6 Å². The Labute approximate surface area is 114 Å². The van der Waals surface area contributed by atoms with Crippen LogP contribution in [0, 0.1) is 17.0 Å². The number of hydrogen-bond donors (Lipinski definition) is 1. The molecule has 0 radical (unpaired) electrons. The number of carbonyl (C=O) groups excluding carboxylic acids is 1. The highest BCUT2D eigenvalue weighted by Gasteiger charge is 2.11. The molecule has 0 aliphatic rings. The van der Waals surface area contributed by atoms with Gasteiger partial charge < -0.3 is 9.52 Å². The van der Waals surface area contributed by atoms with Crippen molar-refractivity contribution in [2.24, 2.45) is 0 Å². The first kappa shape index (κ1) is 13.5. The van der Waals surface area contributed by atoms with E-state index in [-0.39, 0.29) is 17.1 Å². The van der Waals surface area contributed by atoms with Crippen molar-refractivity contribution >= 4 is 17.7 Å². The summed E-state index contributed by atoms with van der Waals surface area (Å²) in [6.45, 7) is 1.80. The predicted molar refractivity (Wildman–Crippen MR) is 71.6 cm³/mol. The Morgan fingerprint density at radius 3 is 2.75 bits per heavy atom. The van der Waals surface area contributed by atoms with Crippen molar-refractivity contribution in [3.8, 4) is 5.75 Å². The summed E-state index contributed by atoms with van der Waals surface area (Å²) < 4.78 is 4.88. The molecule has 6 nitrogen and oxygen atoms in total. The molecule has 0 spiro atoms. The smallest absolute Gasteiger partial charge is 0.433 e. The number of rotatable bonds is 4. The molecular weight excluding hydrogens is 262 g/mol. The predicted octanol–water partition coefficient (Wildman–Crippen LogP) is 3.10. The SMILES string of the molecule is Cc1ccc(O)c(C(=O)/C=C/c2ccc([N+](=O)[O-])o2)c1. The Morgan fingerprint density at radius 2 is 2.10 bits per heavy atom. The zero-order valence-corrected chi connectivity index (χ0v) is 10.6. The molecule has 1 aromatic carbocycles. The molecule has 102 valence electrons. The van der Waals surface area contributed by atoms with Crippen LogP contribution in [0.15, 0.2) is 40.8 Å². The number of nitro groups is 1. The van der Waals surface area contributed by atoms with Crippen molar-refractivity contribution in [3.63, 3.8) is 0 Å². The molecule has 1 aromatic heterocycles. The molecule has 2 rings (SSSR count). The van der Waals surface area contributed by atoms with Gasteiger partial charge in [-0.15, -0.1) is 0 Å². The Hall–Kier alpha value is -2.89. The van der Waals surface area contributed by atoms with Gasteiger partial charge in [0.1, 0.15) is 16.4 Å². The summed E-state index contributed by atoms with van der Waals surface area (Å²) in [5.74, 6) is -0.728. The van der Waals surface area contributed by atoms with Gasteiger partial charge in [-0.2, -0.15) is 0 Å². The second-order valence-electron chi connectivity index (χ2n) is 4.15. The second kappa shape index (κ2) is 5.40. The second-order valence-corrected chi connectivity index (χ2v) is 4.15. The van der Waals surface area contributed by atoms with Crippen molar-refractivity contribution in [3.05, 3.63) is 63.4 Å². The summed E-state index contributed by atoms with van der Waals surface area (Å²) in [5, 5.41) is 20.1. The molecule has 0 atom stereocenters. The molecule has 0 bridgehead atoms. The first-order chi connectivity index (χ1) is 9.47. The van der Waals surface area contributed by atoms with Gasteiger partial charge in [-0.05, 0) is 37.3 Å². The number of allylic oxidation sites excluding steroid dienone is 1. The Kier molecular flexibility index (Phi) is 3.65. The molecule has 1 heterocycles. The van der Waals surface area contributed by atoms with E-state index >= 15 is 0 Å². The van der Waals surface area contributed by atoms with E-state index in [9.17, 15) is 20.0 Å². The van der Waals surface area contributed by atoms with Crippen LogP contribution in [0.5, 0.6) is 5.75 Å². The van der Waals surface area contributed by atoms with Crippen molar-refractivity contribution in [2.75, 3.05) is 0 Å². The van der Waals surface area contributed by atoms with E-state index in [0.717, 1.165) is 5.56 Å². The molecular formula is C14H11NO5. The van der Waals surface area contributed by atoms with E-state index in [4.69, 9.17) is 4.42 Å². The quantitative estimate of drug-likeness (QED) is 0.400. The molecule has 20 heavy (non-hydrogen) atoms. The van der Waals surface area contributed by atoms with Crippen molar-refractivity contribution in [1.82, 2.24) is 0 Å². The maximum atomic E-state index is 11.9. The molecule has 6 heteroatoms. The van der Waals surface area contributed by atoms with E-state index in [0.29, 0.717) is 0 Å². The van der Waals surface area contributed by atoms with Crippen LogP contribution in [0.4, 0.5) is 5.88 Å². The number of phenols is 1. The largest absolute Gasteiger partial charge is 0.507 e. The first-order valence-electron chi connectivity index (χ1n) is 5.73. The lowest BCUT2D eigenvalue weighted by atomic mass is 10.1. The fourth-order valence-electron chi connectivity index (χ4n) is 1.62. The maximum Gasteiger partial charge on any atom is 0.433 e. The van der Waals surface area contributed by atoms with Crippen LogP contribution in [0.3, 0.4) is 0 Å². The first-order valence-corrected chi connectivity index (χ1v) is 5.73. The molecule has 2 aromatic rings. The molecule has 0 saturated carbocycles. The Morgan fingerprint density at radius 1 is 1.35 bits per heavy atom. The van der Waals surface area contributed by atoms with Crippen molar-refractivity contribution < 1.29 is 19.2 Å². The Balaban J connectivity index is 2.20. The van der Waals surface area contributed by atoms with Gasteiger partial charge in [-0.1, -0.05) is 11.6 Å². The average Bonchev–Trinajstić information content (AvgIpc) is 2.88. The number of aryl methyl sites for hydroxylation is 1. The number of phenolic OH excluding ortho intramolecular Hbond substituents is 1. The average molecular weight is 273 g/mol. The lowest BCUT2D eigenvalue weighted by Crippen LogP contribution is -1.95. The van der Waals surface area contributed by atoms with Crippen LogP contribution >= 0.6 is 0 Å². The molecule has 0 aliphatic carbocycles. The van der Waals surface area contributed by atoms with Gasteiger partial charge in [0.2, 0.25) is 0 Å². The summed E-state index contributed by atoms with van der Waals surface area (Å²) in [6.07, 6.45) is 2.51. The minimum absolute atomic E-state index is 0.115. The number of furan rings is 1. The fourth-order valence-corrected chi connectivity index (χ4v) is 1.62.